The van der Waals surface area contributed by atoms with Crippen LogP contribution < -0.4 is 5.69 Å². The molecule has 0 saturated carbocycles. The minimum absolute atomic E-state index is 0.214. The van der Waals surface area contributed by atoms with Crippen molar-refractivity contribution >= 4 is 29.2 Å². The van der Waals surface area contributed by atoms with E-state index in [9.17, 15) is 9.59 Å². The molecule has 7 nitrogen and oxygen atoms in total. The Bertz CT molecular complexity index is 728. The molecule has 0 radical (unpaired) electrons. The van der Waals surface area contributed by atoms with Gasteiger partial charge in [0.1, 0.15) is 5.69 Å². The fourth-order valence-corrected chi connectivity index (χ4v) is 2.80. The lowest BCUT2D eigenvalue weighted by Crippen LogP contribution is -2.39. The Hall–Kier alpha value is -1.86. The van der Waals surface area contributed by atoms with Crippen LogP contribution in [0.25, 0.3) is 5.69 Å². The first-order chi connectivity index (χ1) is 10.1. The summed E-state index contributed by atoms with van der Waals surface area (Å²) in [6.45, 7) is 1.23. The Kier molecular flexibility index (Phi) is 3.69. The van der Waals surface area contributed by atoms with Gasteiger partial charge in [-0.15, -0.1) is 4.68 Å². The number of rotatable bonds is 1. The summed E-state index contributed by atoms with van der Waals surface area (Å²) < 4.78 is 1.66. The molecular weight excluding hydrogens is 317 g/mol. The van der Waals surface area contributed by atoms with Crippen molar-refractivity contribution in [2.45, 2.75) is 12.8 Å². The van der Waals surface area contributed by atoms with Gasteiger partial charge in [-0.3, -0.25) is 0 Å². The molecule has 0 N–H and O–H groups in total. The Labute approximate surface area is 129 Å². The average Bonchev–Trinajstić information content (AvgIpc) is 3.09. The molecule has 1 fully saturated rings. The monoisotopic (exact) mass is 327 g/mol. The van der Waals surface area contributed by atoms with Crippen LogP contribution >= 0.6 is 23.2 Å². The van der Waals surface area contributed by atoms with Gasteiger partial charge in [0, 0.05) is 13.1 Å². The molecule has 2 aromatic rings. The zero-order valence-corrected chi connectivity index (χ0v) is 12.4. The quantitative estimate of drug-likeness (QED) is 0.748. The number of benzene rings is 1. The maximum atomic E-state index is 12.3. The van der Waals surface area contributed by atoms with Crippen molar-refractivity contribution < 1.29 is 4.79 Å². The van der Waals surface area contributed by atoms with Gasteiger partial charge in [-0.05, 0) is 35.4 Å². The van der Waals surface area contributed by atoms with Crippen LogP contribution in [0.5, 0.6) is 0 Å². The van der Waals surface area contributed by atoms with Crippen LogP contribution in [0, 0.1) is 0 Å². The number of hydrogen-bond acceptors (Lipinski definition) is 4. The number of carbonyl (C=O) groups is 1. The van der Waals surface area contributed by atoms with E-state index in [1.165, 1.54) is 0 Å². The molecule has 0 spiro atoms. The highest BCUT2D eigenvalue weighted by Gasteiger charge is 2.24. The molecule has 9 heteroatoms. The summed E-state index contributed by atoms with van der Waals surface area (Å²) in [4.78, 5) is 26.1. The van der Waals surface area contributed by atoms with E-state index in [-0.39, 0.29) is 15.7 Å². The Morgan fingerprint density at radius 3 is 2.33 bits per heavy atom. The summed E-state index contributed by atoms with van der Waals surface area (Å²) in [5.74, 6) is 0. The third-order valence-electron chi connectivity index (χ3n) is 3.29. The van der Waals surface area contributed by atoms with E-state index in [0.29, 0.717) is 13.1 Å². The van der Waals surface area contributed by atoms with Crippen LogP contribution in [0.15, 0.2) is 23.0 Å². The molecular formula is C12H11Cl2N5O2. The van der Waals surface area contributed by atoms with Crippen molar-refractivity contribution in [3.8, 4) is 5.69 Å². The van der Waals surface area contributed by atoms with Crippen molar-refractivity contribution in [2.24, 2.45) is 0 Å². The number of hydrogen-bond donors (Lipinski definition) is 0. The number of halogens is 2. The molecule has 1 amide bonds. The van der Waals surface area contributed by atoms with Crippen molar-refractivity contribution in [2.75, 3.05) is 13.1 Å². The lowest BCUT2D eigenvalue weighted by Gasteiger charge is -2.12. The second-order valence-electron chi connectivity index (χ2n) is 4.63. The van der Waals surface area contributed by atoms with E-state index >= 15 is 0 Å². The van der Waals surface area contributed by atoms with Gasteiger partial charge in [0.2, 0.25) is 0 Å². The lowest BCUT2D eigenvalue weighted by atomic mass is 10.3. The number of amides is 1. The molecule has 0 atom stereocenters. The van der Waals surface area contributed by atoms with E-state index in [0.717, 1.165) is 22.2 Å². The highest BCUT2D eigenvalue weighted by Crippen LogP contribution is 2.26. The van der Waals surface area contributed by atoms with E-state index < -0.39 is 11.7 Å². The largest absolute Gasteiger partial charge is 0.377 e. The fourth-order valence-electron chi connectivity index (χ4n) is 2.24. The molecule has 3 rings (SSSR count). The number of para-hydroxylation sites is 1. The normalized spacial score (nSPS) is 14.7. The highest BCUT2D eigenvalue weighted by atomic mass is 35.5. The van der Waals surface area contributed by atoms with Crippen LogP contribution in [0.4, 0.5) is 4.79 Å². The summed E-state index contributed by atoms with van der Waals surface area (Å²) in [5.41, 5.74) is -0.479. The van der Waals surface area contributed by atoms with E-state index in [2.05, 4.69) is 10.4 Å². The van der Waals surface area contributed by atoms with E-state index in [1.54, 1.807) is 23.1 Å². The Morgan fingerprint density at radius 2 is 1.71 bits per heavy atom. The van der Waals surface area contributed by atoms with Gasteiger partial charge >= 0.3 is 11.7 Å². The maximum Gasteiger partial charge on any atom is 0.377 e. The maximum absolute atomic E-state index is 12.3. The first-order valence-corrected chi connectivity index (χ1v) is 7.14. The number of aromatic nitrogens is 4. The Morgan fingerprint density at radius 1 is 1.10 bits per heavy atom. The molecule has 2 heterocycles. The fraction of sp³-hybridized carbons (Fsp3) is 0.333. The van der Waals surface area contributed by atoms with Crippen LogP contribution in [0.1, 0.15) is 12.8 Å². The number of likely N-dealkylation sites (tertiary alicyclic amines) is 1. The molecule has 0 unspecified atom stereocenters. The standard InChI is InChI=1S/C12H11Cl2N5O2/c13-8-4-3-5-9(14)10(8)18-12(21)19(16-15-18)11(20)17-6-1-2-7-17/h3-5H,1-2,6-7H2. The average molecular weight is 328 g/mol. The van der Waals surface area contributed by atoms with Gasteiger partial charge in [0.15, 0.2) is 0 Å². The number of carbonyl (C=O) groups excluding carboxylic acids is 1. The van der Waals surface area contributed by atoms with Crippen molar-refractivity contribution in [1.29, 1.82) is 0 Å². The molecule has 1 aromatic heterocycles. The Balaban J connectivity index is 2.04. The molecule has 1 aliphatic rings. The first-order valence-electron chi connectivity index (χ1n) is 6.38. The summed E-state index contributed by atoms with van der Waals surface area (Å²) in [5, 5.41) is 7.84. The molecule has 0 aliphatic carbocycles. The number of tetrazole rings is 1. The molecule has 110 valence electrons. The van der Waals surface area contributed by atoms with Crippen LogP contribution in [-0.2, 0) is 0 Å². The van der Waals surface area contributed by atoms with Gasteiger partial charge in [0.05, 0.1) is 10.0 Å². The minimum Gasteiger partial charge on any atom is -0.323 e. The number of nitrogens with zero attached hydrogens (tertiary/aromatic N) is 5. The van der Waals surface area contributed by atoms with Gasteiger partial charge < -0.3 is 4.90 Å². The summed E-state index contributed by atoms with van der Waals surface area (Å²) in [7, 11) is 0. The molecule has 1 aromatic carbocycles. The zero-order valence-electron chi connectivity index (χ0n) is 10.9. The summed E-state index contributed by atoms with van der Waals surface area (Å²) >= 11 is 12.1. The topological polar surface area (TPSA) is 73.0 Å². The van der Waals surface area contributed by atoms with Crippen LogP contribution in [-0.4, -0.2) is 43.8 Å². The molecule has 1 aliphatic heterocycles. The van der Waals surface area contributed by atoms with Gasteiger partial charge in [-0.25, -0.2) is 9.59 Å². The third kappa shape index (κ3) is 2.43. The van der Waals surface area contributed by atoms with Crippen LogP contribution in [0.2, 0.25) is 10.0 Å². The molecule has 0 bridgehead atoms. The summed E-state index contributed by atoms with van der Waals surface area (Å²) in [6.07, 6.45) is 1.84. The van der Waals surface area contributed by atoms with Crippen molar-refractivity contribution in [3.05, 3.63) is 38.7 Å². The third-order valence-corrected chi connectivity index (χ3v) is 3.90. The molecule has 21 heavy (non-hydrogen) atoms. The van der Waals surface area contributed by atoms with Gasteiger partial charge in [-0.1, -0.05) is 29.3 Å². The predicted molar refractivity (Wildman–Crippen MR) is 77.2 cm³/mol. The van der Waals surface area contributed by atoms with Crippen molar-refractivity contribution in [1.82, 2.24) is 24.7 Å². The highest BCUT2D eigenvalue weighted by molar-refractivity contribution is 6.37. The van der Waals surface area contributed by atoms with Crippen molar-refractivity contribution in [3.63, 3.8) is 0 Å². The first kappa shape index (κ1) is 14.1. The van der Waals surface area contributed by atoms with E-state index in [1.807, 2.05) is 0 Å². The summed E-state index contributed by atoms with van der Waals surface area (Å²) in [6, 6.07) is 4.33. The zero-order chi connectivity index (χ0) is 15.0. The van der Waals surface area contributed by atoms with Gasteiger partial charge in [-0.2, -0.15) is 4.68 Å². The predicted octanol–water partition coefficient (Wildman–Crippen LogP) is 1.80. The lowest BCUT2D eigenvalue weighted by molar-refractivity contribution is 0.205. The van der Waals surface area contributed by atoms with Gasteiger partial charge in [0.25, 0.3) is 0 Å². The molecule has 1 saturated heterocycles. The second-order valence-corrected chi connectivity index (χ2v) is 5.45. The second kappa shape index (κ2) is 5.50. The van der Waals surface area contributed by atoms with Crippen LogP contribution in [0.3, 0.4) is 0 Å². The SMILES string of the molecule is O=C(N1CCCC1)n1nnn(-c2c(Cl)cccc2Cl)c1=O. The smallest absolute Gasteiger partial charge is 0.323 e. The minimum atomic E-state index is -0.693. The van der Waals surface area contributed by atoms with E-state index in [4.69, 9.17) is 23.2 Å².